The molecule has 0 saturated carbocycles. The van der Waals surface area contributed by atoms with E-state index in [2.05, 4.69) is 5.32 Å². The Morgan fingerprint density at radius 3 is 2.73 bits per heavy atom. The number of rotatable bonds is 2. The molecule has 33 heavy (non-hydrogen) atoms. The number of nitrogens with one attached hydrogen (secondary N) is 1. The zero-order valence-corrected chi connectivity index (χ0v) is 18.3. The number of hydrogen-bond donors (Lipinski definition) is 1. The lowest BCUT2D eigenvalue weighted by molar-refractivity contribution is -0.385. The van der Waals surface area contributed by atoms with Crippen molar-refractivity contribution < 1.29 is 19.3 Å². The number of carbonyl (C=O) groups excluding carboxylic acids is 3. The van der Waals surface area contributed by atoms with E-state index in [0.717, 1.165) is 11.3 Å². The predicted molar refractivity (Wildman–Crippen MR) is 119 cm³/mol. The molecule has 0 aliphatic carbocycles. The van der Waals surface area contributed by atoms with Crippen LogP contribution in [-0.2, 0) is 19.9 Å². The number of benzene rings is 2. The van der Waals surface area contributed by atoms with E-state index in [1.54, 1.807) is 18.2 Å². The van der Waals surface area contributed by atoms with Gasteiger partial charge < -0.3 is 5.32 Å². The summed E-state index contributed by atoms with van der Waals surface area (Å²) in [5.41, 5.74) is 0.123. The van der Waals surface area contributed by atoms with Gasteiger partial charge >= 0.3 is 0 Å². The Hall–Kier alpha value is -3.30. The van der Waals surface area contributed by atoms with E-state index < -0.39 is 34.1 Å². The van der Waals surface area contributed by atoms with Crippen LogP contribution < -0.4 is 10.2 Å². The fourth-order valence-corrected chi connectivity index (χ4v) is 6.64. The van der Waals surface area contributed by atoms with Crippen LogP contribution in [0.15, 0.2) is 36.4 Å². The van der Waals surface area contributed by atoms with Crippen molar-refractivity contribution in [2.24, 2.45) is 11.8 Å². The molecule has 168 valence electrons. The second-order valence-corrected chi connectivity index (χ2v) is 9.44. The van der Waals surface area contributed by atoms with Crippen LogP contribution in [0.1, 0.15) is 24.0 Å². The van der Waals surface area contributed by atoms with Crippen molar-refractivity contribution >= 4 is 46.4 Å². The zero-order chi connectivity index (χ0) is 23.2. The SMILES string of the molecule is Cc1c(N2C(=O)[C@H]3[C@H]4CCCN4[C@]4(C(=O)Nc5ccc(Cl)cc54)[C@@H]3C2=O)cccc1[N+](=O)[O-]. The smallest absolute Gasteiger partial charge is 0.274 e. The van der Waals surface area contributed by atoms with E-state index in [-0.39, 0.29) is 28.9 Å². The Labute approximate surface area is 193 Å². The van der Waals surface area contributed by atoms with Gasteiger partial charge in [0.05, 0.1) is 28.0 Å². The summed E-state index contributed by atoms with van der Waals surface area (Å²) in [5.74, 6) is -2.91. The summed E-state index contributed by atoms with van der Waals surface area (Å²) in [4.78, 5) is 55.3. The summed E-state index contributed by atoms with van der Waals surface area (Å²) >= 11 is 6.29. The highest BCUT2D eigenvalue weighted by atomic mass is 35.5. The first-order valence-corrected chi connectivity index (χ1v) is 11.2. The minimum absolute atomic E-state index is 0.168. The summed E-state index contributed by atoms with van der Waals surface area (Å²) in [6.07, 6.45) is 1.49. The summed E-state index contributed by atoms with van der Waals surface area (Å²) in [6, 6.07) is 9.16. The number of halogens is 1. The van der Waals surface area contributed by atoms with Crippen LogP contribution in [-0.4, -0.2) is 40.1 Å². The topological polar surface area (TPSA) is 113 Å². The second kappa shape index (κ2) is 6.61. The molecule has 4 aliphatic heterocycles. The molecular formula is C23H19ClN4O5. The first-order chi connectivity index (χ1) is 15.8. The Morgan fingerprint density at radius 1 is 1.18 bits per heavy atom. The molecule has 1 N–H and O–H groups in total. The van der Waals surface area contributed by atoms with Crippen LogP contribution in [0.25, 0.3) is 0 Å². The first-order valence-electron chi connectivity index (χ1n) is 10.8. The van der Waals surface area contributed by atoms with E-state index in [4.69, 9.17) is 11.6 Å². The van der Waals surface area contributed by atoms with Gasteiger partial charge in [-0.3, -0.25) is 29.4 Å². The van der Waals surface area contributed by atoms with Gasteiger partial charge in [-0.25, -0.2) is 4.90 Å². The molecule has 6 rings (SSSR count). The molecule has 3 fully saturated rings. The maximum atomic E-state index is 14.0. The molecule has 3 amide bonds. The van der Waals surface area contributed by atoms with Crippen molar-refractivity contribution in [2.45, 2.75) is 31.3 Å². The second-order valence-electron chi connectivity index (χ2n) is 9.01. The normalized spacial score (nSPS) is 30.1. The molecule has 0 unspecified atom stereocenters. The van der Waals surface area contributed by atoms with E-state index >= 15 is 0 Å². The molecule has 2 aromatic carbocycles. The van der Waals surface area contributed by atoms with Crippen LogP contribution in [0.5, 0.6) is 0 Å². The zero-order valence-electron chi connectivity index (χ0n) is 17.6. The molecule has 1 spiro atoms. The lowest BCUT2D eigenvalue weighted by Gasteiger charge is -2.36. The van der Waals surface area contributed by atoms with Crippen LogP contribution in [0.4, 0.5) is 17.1 Å². The number of amides is 3. The lowest BCUT2D eigenvalue weighted by Crippen LogP contribution is -2.54. The predicted octanol–water partition coefficient (Wildman–Crippen LogP) is 2.99. The van der Waals surface area contributed by atoms with E-state index in [9.17, 15) is 24.5 Å². The molecule has 2 aromatic rings. The van der Waals surface area contributed by atoms with E-state index in [1.807, 2.05) is 4.90 Å². The number of imide groups is 1. The van der Waals surface area contributed by atoms with Gasteiger partial charge in [0.2, 0.25) is 17.7 Å². The third kappa shape index (κ3) is 2.33. The summed E-state index contributed by atoms with van der Waals surface area (Å²) in [5, 5.41) is 14.8. The minimum Gasteiger partial charge on any atom is -0.324 e. The Morgan fingerprint density at radius 2 is 1.97 bits per heavy atom. The molecule has 4 heterocycles. The number of nitro groups is 1. The van der Waals surface area contributed by atoms with E-state index in [1.165, 1.54) is 25.1 Å². The van der Waals surface area contributed by atoms with E-state index in [0.29, 0.717) is 29.2 Å². The fourth-order valence-electron chi connectivity index (χ4n) is 6.46. The molecule has 4 aliphatic rings. The van der Waals surface area contributed by atoms with Gasteiger partial charge in [-0.15, -0.1) is 0 Å². The quantitative estimate of drug-likeness (QED) is 0.413. The van der Waals surface area contributed by atoms with Gasteiger partial charge in [0.25, 0.3) is 5.69 Å². The molecule has 3 saturated heterocycles. The van der Waals surface area contributed by atoms with Gasteiger partial charge in [0.1, 0.15) is 5.54 Å². The number of nitro benzene ring substituents is 1. The maximum absolute atomic E-state index is 14.0. The highest BCUT2D eigenvalue weighted by Gasteiger charge is 2.74. The number of nitrogens with zero attached hydrogens (tertiary/aromatic N) is 3. The summed E-state index contributed by atoms with van der Waals surface area (Å²) in [7, 11) is 0. The highest BCUT2D eigenvalue weighted by Crippen LogP contribution is 2.61. The van der Waals surface area contributed by atoms with Gasteiger partial charge in [-0.2, -0.15) is 0 Å². The number of carbonyl (C=O) groups is 3. The number of hydrogen-bond acceptors (Lipinski definition) is 6. The molecule has 0 aromatic heterocycles. The first kappa shape index (κ1) is 20.3. The number of anilines is 2. The van der Waals surface area contributed by atoms with Crippen molar-refractivity contribution in [2.75, 3.05) is 16.8 Å². The van der Waals surface area contributed by atoms with Crippen molar-refractivity contribution in [3.63, 3.8) is 0 Å². The standard InChI is InChI=1S/C23H19ClN4O5/c1-11-15(4-2-5-16(11)28(32)33)27-20(29)18-17-6-3-9-26(17)23(19(18)21(27)30)13-10-12(24)7-8-14(13)25-22(23)31/h2,4-5,7-8,10,17-19H,3,6,9H2,1H3,(H,25,31)/t17-,18+,19+,23+/m1/s1. The van der Waals surface area contributed by atoms with Gasteiger partial charge in [-0.05, 0) is 50.6 Å². The molecule has 4 atom stereocenters. The monoisotopic (exact) mass is 466 g/mol. The lowest BCUT2D eigenvalue weighted by atomic mass is 9.75. The minimum atomic E-state index is -1.33. The van der Waals surface area contributed by atoms with Crippen LogP contribution >= 0.6 is 11.6 Å². The molecule has 0 radical (unpaired) electrons. The largest absolute Gasteiger partial charge is 0.324 e. The van der Waals surface area contributed by atoms with Crippen molar-refractivity contribution in [1.82, 2.24) is 4.90 Å². The summed E-state index contributed by atoms with van der Waals surface area (Å²) < 4.78 is 0. The fraction of sp³-hybridized carbons (Fsp3) is 0.348. The van der Waals surface area contributed by atoms with Crippen molar-refractivity contribution in [3.8, 4) is 0 Å². The highest BCUT2D eigenvalue weighted by molar-refractivity contribution is 6.31. The van der Waals surface area contributed by atoms with Crippen LogP contribution in [0, 0.1) is 28.9 Å². The molecule has 9 nitrogen and oxygen atoms in total. The van der Waals surface area contributed by atoms with Crippen molar-refractivity contribution in [3.05, 3.63) is 62.7 Å². The average Bonchev–Trinajstić information content (AvgIpc) is 3.47. The van der Waals surface area contributed by atoms with Crippen LogP contribution in [0.3, 0.4) is 0 Å². The van der Waals surface area contributed by atoms with Crippen molar-refractivity contribution in [1.29, 1.82) is 0 Å². The van der Waals surface area contributed by atoms with Crippen LogP contribution in [0.2, 0.25) is 5.02 Å². The maximum Gasteiger partial charge on any atom is 0.274 e. The Balaban J connectivity index is 1.56. The molecule has 10 heteroatoms. The van der Waals surface area contributed by atoms with Gasteiger partial charge in [0.15, 0.2) is 0 Å². The third-order valence-electron chi connectivity index (χ3n) is 7.67. The Bertz CT molecular complexity index is 1300. The third-order valence-corrected chi connectivity index (χ3v) is 7.90. The van der Waals surface area contributed by atoms with Gasteiger partial charge in [0, 0.05) is 28.4 Å². The molecule has 0 bridgehead atoms. The number of fused-ring (bicyclic) bond motifs is 7. The summed E-state index contributed by atoms with van der Waals surface area (Å²) in [6.45, 7) is 2.12. The Kier molecular flexibility index (Phi) is 4.07. The molecular weight excluding hydrogens is 448 g/mol. The van der Waals surface area contributed by atoms with Gasteiger partial charge in [-0.1, -0.05) is 17.7 Å². The average molecular weight is 467 g/mol.